The summed E-state index contributed by atoms with van der Waals surface area (Å²) < 4.78 is 0. The molecule has 0 rings (SSSR count). The van der Waals surface area contributed by atoms with Gasteiger partial charge in [-0.15, -0.1) is 0 Å². The first kappa shape index (κ1) is 12.2. The molecule has 0 atom stereocenters. The minimum atomic E-state index is -0.0969. The molecule has 2 N–H and O–H groups in total. The summed E-state index contributed by atoms with van der Waals surface area (Å²) in [5, 5.41) is 0. The molecule has 0 saturated heterocycles. The van der Waals surface area contributed by atoms with Crippen LogP contribution >= 0.6 is 0 Å². The molecule has 14 heavy (non-hydrogen) atoms. The first-order valence-electron chi connectivity index (χ1n) is 4.21. The topological polar surface area (TPSA) is 46.3 Å². The van der Waals surface area contributed by atoms with Crippen molar-refractivity contribution in [2.75, 3.05) is 14.1 Å². The standard InChI is InChI=1S/C11H16N2O/c1-4-5-10(6-8-12)11(14)7-9-13(2)3/h4-9H,1,12H2,2-3H3/b8-6-,9-7+,10-5+. The van der Waals surface area contributed by atoms with E-state index in [1.54, 1.807) is 29.3 Å². The lowest BCUT2D eigenvalue weighted by atomic mass is 10.1. The van der Waals surface area contributed by atoms with Crippen LogP contribution in [0.3, 0.4) is 0 Å². The van der Waals surface area contributed by atoms with Crippen molar-refractivity contribution in [2.24, 2.45) is 5.73 Å². The van der Waals surface area contributed by atoms with Crippen molar-refractivity contribution in [3.8, 4) is 0 Å². The number of carbonyl (C=O) groups excluding carboxylic acids is 1. The van der Waals surface area contributed by atoms with Gasteiger partial charge >= 0.3 is 0 Å². The molecule has 76 valence electrons. The summed E-state index contributed by atoms with van der Waals surface area (Å²) in [6, 6.07) is 0. The van der Waals surface area contributed by atoms with E-state index in [1.165, 1.54) is 12.3 Å². The molecule has 3 nitrogen and oxygen atoms in total. The average Bonchev–Trinajstić information content (AvgIpc) is 2.14. The molecule has 0 fully saturated rings. The highest BCUT2D eigenvalue weighted by atomic mass is 16.1. The summed E-state index contributed by atoms with van der Waals surface area (Å²) in [5.74, 6) is -0.0969. The molecule has 0 aromatic carbocycles. The summed E-state index contributed by atoms with van der Waals surface area (Å²) in [6.07, 6.45) is 9.21. The van der Waals surface area contributed by atoms with E-state index in [-0.39, 0.29) is 5.78 Å². The first-order valence-corrected chi connectivity index (χ1v) is 4.21. The van der Waals surface area contributed by atoms with Crippen LogP contribution in [-0.4, -0.2) is 24.8 Å². The zero-order chi connectivity index (χ0) is 11.0. The van der Waals surface area contributed by atoms with Gasteiger partial charge in [0.25, 0.3) is 0 Å². The minimum absolute atomic E-state index is 0.0969. The Kier molecular flexibility index (Phi) is 5.87. The quantitative estimate of drug-likeness (QED) is 0.526. The van der Waals surface area contributed by atoms with Gasteiger partial charge in [-0.1, -0.05) is 18.7 Å². The van der Waals surface area contributed by atoms with Crippen LogP contribution in [0.2, 0.25) is 0 Å². The molecule has 0 bridgehead atoms. The largest absolute Gasteiger partial charge is 0.405 e. The highest BCUT2D eigenvalue weighted by Crippen LogP contribution is 2.00. The summed E-state index contributed by atoms with van der Waals surface area (Å²) in [6.45, 7) is 3.52. The average molecular weight is 192 g/mol. The van der Waals surface area contributed by atoms with Gasteiger partial charge in [0, 0.05) is 31.9 Å². The molecule has 0 aliphatic rings. The van der Waals surface area contributed by atoms with Crippen LogP contribution in [0.15, 0.2) is 48.9 Å². The molecular weight excluding hydrogens is 176 g/mol. The Bertz CT molecular complexity index is 286. The number of nitrogens with zero attached hydrogens (tertiary/aromatic N) is 1. The Morgan fingerprint density at radius 3 is 2.43 bits per heavy atom. The third-order valence-electron chi connectivity index (χ3n) is 1.38. The molecule has 0 heterocycles. The molecule has 0 aromatic rings. The Labute approximate surface area is 84.9 Å². The molecular formula is C11H16N2O. The van der Waals surface area contributed by atoms with E-state index < -0.39 is 0 Å². The Morgan fingerprint density at radius 1 is 1.36 bits per heavy atom. The van der Waals surface area contributed by atoms with Crippen LogP contribution in [0.1, 0.15) is 0 Å². The predicted octanol–water partition coefficient (Wildman–Crippen LogP) is 1.22. The van der Waals surface area contributed by atoms with Crippen LogP contribution < -0.4 is 5.73 Å². The highest BCUT2D eigenvalue weighted by molar-refractivity contribution is 6.06. The second-order valence-electron chi connectivity index (χ2n) is 2.86. The van der Waals surface area contributed by atoms with Crippen molar-refractivity contribution in [2.45, 2.75) is 0 Å². The van der Waals surface area contributed by atoms with E-state index >= 15 is 0 Å². The van der Waals surface area contributed by atoms with E-state index in [1.807, 2.05) is 14.1 Å². The zero-order valence-corrected chi connectivity index (χ0v) is 8.60. The van der Waals surface area contributed by atoms with Crippen molar-refractivity contribution in [3.05, 3.63) is 48.9 Å². The fraction of sp³-hybridized carbons (Fsp3) is 0.182. The van der Waals surface area contributed by atoms with E-state index in [4.69, 9.17) is 5.73 Å². The van der Waals surface area contributed by atoms with Gasteiger partial charge in [-0.2, -0.15) is 0 Å². The van der Waals surface area contributed by atoms with E-state index in [0.717, 1.165) is 0 Å². The maximum absolute atomic E-state index is 11.5. The predicted molar refractivity (Wildman–Crippen MR) is 59.4 cm³/mol. The van der Waals surface area contributed by atoms with Crippen LogP contribution in [0.4, 0.5) is 0 Å². The number of carbonyl (C=O) groups is 1. The molecule has 0 saturated carbocycles. The Hall–Kier alpha value is -1.77. The summed E-state index contributed by atoms with van der Waals surface area (Å²) >= 11 is 0. The van der Waals surface area contributed by atoms with Gasteiger partial charge in [0.1, 0.15) is 0 Å². The van der Waals surface area contributed by atoms with Crippen LogP contribution in [0.25, 0.3) is 0 Å². The van der Waals surface area contributed by atoms with E-state index in [0.29, 0.717) is 5.57 Å². The maximum Gasteiger partial charge on any atom is 0.187 e. The number of allylic oxidation sites excluding steroid dienone is 5. The molecule has 0 aromatic heterocycles. The molecule has 0 amide bonds. The van der Waals surface area contributed by atoms with Crippen molar-refractivity contribution in [1.29, 1.82) is 0 Å². The number of ketones is 1. The molecule has 0 radical (unpaired) electrons. The third kappa shape index (κ3) is 4.98. The van der Waals surface area contributed by atoms with E-state index in [9.17, 15) is 4.79 Å². The van der Waals surface area contributed by atoms with Crippen LogP contribution in [-0.2, 0) is 4.79 Å². The maximum atomic E-state index is 11.5. The third-order valence-corrected chi connectivity index (χ3v) is 1.38. The lowest BCUT2D eigenvalue weighted by Gasteiger charge is -2.02. The minimum Gasteiger partial charge on any atom is -0.405 e. The SMILES string of the molecule is C=C/C=C(\C=C/N)C(=O)/C=C/N(C)C. The zero-order valence-electron chi connectivity index (χ0n) is 8.60. The van der Waals surface area contributed by atoms with Crippen LogP contribution in [0.5, 0.6) is 0 Å². The first-order chi connectivity index (χ1) is 6.61. The lowest BCUT2D eigenvalue weighted by molar-refractivity contribution is -0.111. The normalized spacial score (nSPS) is 12.3. The van der Waals surface area contributed by atoms with Gasteiger partial charge in [-0.3, -0.25) is 4.79 Å². The number of rotatable bonds is 5. The smallest absolute Gasteiger partial charge is 0.187 e. The van der Waals surface area contributed by atoms with Crippen molar-refractivity contribution < 1.29 is 4.79 Å². The second-order valence-corrected chi connectivity index (χ2v) is 2.86. The van der Waals surface area contributed by atoms with Gasteiger partial charge in [0.15, 0.2) is 5.78 Å². The van der Waals surface area contributed by atoms with Crippen molar-refractivity contribution >= 4 is 5.78 Å². The van der Waals surface area contributed by atoms with Gasteiger partial charge in [-0.05, 0) is 12.3 Å². The number of hydrogen-bond acceptors (Lipinski definition) is 3. The highest BCUT2D eigenvalue weighted by Gasteiger charge is 2.00. The number of nitrogens with two attached hydrogens (primary N) is 1. The summed E-state index contributed by atoms with van der Waals surface area (Å²) in [5.41, 5.74) is 5.73. The van der Waals surface area contributed by atoms with Crippen LogP contribution in [0, 0.1) is 0 Å². The van der Waals surface area contributed by atoms with Gasteiger partial charge in [-0.25, -0.2) is 0 Å². The number of hydrogen-bond donors (Lipinski definition) is 1. The van der Waals surface area contributed by atoms with Crippen molar-refractivity contribution in [3.63, 3.8) is 0 Å². The fourth-order valence-corrected chi connectivity index (χ4v) is 0.763. The van der Waals surface area contributed by atoms with Gasteiger partial charge in [0.05, 0.1) is 0 Å². The van der Waals surface area contributed by atoms with Crippen molar-refractivity contribution in [1.82, 2.24) is 4.90 Å². The molecule has 0 aliphatic heterocycles. The Morgan fingerprint density at radius 2 is 2.00 bits per heavy atom. The van der Waals surface area contributed by atoms with Gasteiger partial charge in [0.2, 0.25) is 0 Å². The fourth-order valence-electron chi connectivity index (χ4n) is 0.763. The van der Waals surface area contributed by atoms with E-state index in [2.05, 4.69) is 6.58 Å². The summed E-state index contributed by atoms with van der Waals surface area (Å²) in [4.78, 5) is 13.3. The monoisotopic (exact) mass is 192 g/mol. The second kappa shape index (κ2) is 6.71. The van der Waals surface area contributed by atoms with Gasteiger partial charge < -0.3 is 10.6 Å². The Balaban J connectivity index is 4.62. The molecule has 3 heteroatoms. The lowest BCUT2D eigenvalue weighted by Crippen LogP contribution is -2.03. The molecule has 0 spiro atoms. The molecule has 0 unspecified atom stereocenters. The summed E-state index contributed by atoms with van der Waals surface area (Å²) in [7, 11) is 3.69. The molecule has 0 aliphatic carbocycles.